The third kappa shape index (κ3) is 9.18. The lowest BCUT2D eigenvalue weighted by atomic mass is 10.2. The standard InChI is InChI=1S/C14H20O3/c1-12(2)13(17-3)10-8-6-4-5-7-9-11-14(15)16/h4-7,9,11H,8,10H2,1-3H3,(H,15,16)/b6-4+,7-5+,11-9+. The average molecular weight is 236 g/mol. The summed E-state index contributed by atoms with van der Waals surface area (Å²) in [5.41, 5.74) is 1.20. The average Bonchev–Trinajstić information content (AvgIpc) is 2.26. The molecule has 0 atom stereocenters. The van der Waals surface area contributed by atoms with E-state index < -0.39 is 5.97 Å². The Morgan fingerprint density at radius 1 is 1.18 bits per heavy atom. The van der Waals surface area contributed by atoms with Crippen LogP contribution in [0.15, 0.2) is 47.8 Å². The van der Waals surface area contributed by atoms with Crippen LogP contribution in [0.1, 0.15) is 26.7 Å². The molecule has 0 aromatic carbocycles. The van der Waals surface area contributed by atoms with Gasteiger partial charge in [-0.25, -0.2) is 4.79 Å². The molecule has 3 nitrogen and oxygen atoms in total. The van der Waals surface area contributed by atoms with Gasteiger partial charge in [-0.3, -0.25) is 0 Å². The van der Waals surface area contributed by atoms with Crippen LogP contribution in [0.2, 0.25) is 0 Å². The molecular weight excluding hydrogens is 216 g/mol. The minimum Gasteiger partial charge on any atom is -0.501 e. The molecule has 0 aliphatic rings. The number of carboxylic acids is 1. The Hall–Kier alpha value is -1.77. The summed E-state index contributed by atoms with van der Waals surface area (Å²) in [6, 6.07) is 0. The number of carboxylic acid groups (broad SMARTS) is 1. The summed E-state index contributed by atoms with van der Waals surface area (Å²) >= 11 is 0. The van der Waals surface area contributed by atoms with E-state index in [1.807, 2.05) is 26.0 Å². The summed E-state index contributed by atoms with van der Waals surface area (Å²) in [7, 11) is 1.68. The van der Waals surface area contributed by atoms with Crippen molar-refractivity contribution in [1.29, 1.82) is 0 Å². The molecule has 0 spiro atoms. The van der Waals surface area contributed by atoms with Crippen LogP contribution in [-0.4, -0.2) is 18.2 Å². The molecule has 1 N–H and O–H groups in total. The number of hydrogen-bond acceptors (Lipinski definition) is 2. The fourth-order valence-electron chi connectivity index (χ4n) is 1.21. The van der Waals surface area contributed by atoms with Crippen molar-refractivity contribution in [3.05, 3.63) is 47.8 Å². The van der Waals surface area contributed by atoms with Crippen LogP contribution in [0.3, 0.4) is 0 Å². The maximum absolute atomic E-state index is 10.1. The second kappa shape index (κ2) is 9.46. The summed E-state index contributed by atoms with van der Waals surface area (Å²) in [6.07, 6.45) is 11.8. The van der Waals surface area contributed by atoms with Crippen LogP contribution in [0, 0.1) is 0 Å². The third-order valence-corrected chi connectivity index (χ3v) is 2.05. The van der Waals surface area contributed by atoms with E-state index >= 15 is 0 Å². The van der Waals surface area contributed by atoms with Crippen molar-refractivity contribution >= 4 is 5.97 Å². The molecular formula is C14H20O3. The molecule has 17 heavy (non-hydrogen) atoms. The van der Waals surface area contributed by atoms with Gasteiger partial charge < -0.3 is 9.84 Å². The van der Waals surface area contributed by atoms with Crippen molar-refractivity contribution in [3.63, 3.8) is 0 Å². The van der Waals surface area contributed by atoms with Crippen LogP contribution >= 0.6 is 0 Å². The van der Waals surface area contributed by atoms with Crippen molar-refractivity contribution in [2.75, 3.05) is 7.11 Å². The number of rotatable bonds is 7. The van der Waals surface area contributed by atoms with Gasteiger partial charge in [0.1, 0.15) is 0 Å². The van der Waals surface area contributed by atoms with E-state index in [0.29, 0.717) is 0 Å². The lowest BCUT2D eigenvalue weighted by Gasteiger charge is -2.05. The largest absolute Gasteiger partial charge is 0.501 e. The van der Waals surface area contributed by atoms with Gasteiger partial charge in [-0.05, 0) is 25.8 Å². The highest BCUT2D eigenvalue weighted by molar-refractivity contribution is 5.80. The van der Waals surface area contributed by atoms with E-state index in [4.69, 9.17) is 9.84 Å². The highest BCUT2D eigenvalue weighted by Gasteiger charge is 1.95. The van der Waals surface area contributed by atoms with Crippen LogP contribution in [0.5, 0.6) is 0 Å². The van der Waals surface area contributed by atoms with E-state index in [-0.39, 0.29) is 0 Å². The Bertz CT molecular complexity index is 342. The number of ether oxygens (including phenoxy) is 1. The first kappa shape index (κ1) is 15.2. The monoisotopic (exact) mass is 236 g/mol. The maximum atomic E-state index is 10.1. The highest BCUT2D eigenvalue weighted by atomic mass is 16.5. The lowest BCUT2D eigenvalue weighted by Crippen LogP contribution is -1.88. The molecule has 0 aromatic rings. The molecule has 0 heterocycles. The Balaban J connectivity index is 3.90. The zero-order chi connectivity index (χ0) is 13.1. The Morgan fingerprint density at radius 2 is 1.82 bits per heavy atom. The van der Waals surface area contributed by atoms with Gasteiger partial charge in [0.2, 0.25) is 0 Å². The molecule has 0 aromatic heterocycles. The summed E-state index contributed by atoms with van der Waals surface area (Å²) in [5.74, 6) is 0.0799. The van der Waals surface area contributed by atoms with Gasteiger partial charge in [-0.1, -0.05) is 30.4 Å². The SMILES string of the molecule is COC(CC/C=C/C=C/C=C/C(=O)O)=C(C)C. The van der Waals surface area contributed by atoms with Crippen LogP contribution in [0.25, 0.3) is 0 Å². The van der Waals surface area contributed by atoms with Crippen molar-refractivity contribution in [3.8, 4) is 0 Å². The van der Waals surface area contributed by atoms with Crippen LogP contribution in [0.4, 0.5) is 0 Å². The Morgan fingerprint density at radius 3 is 2.35 bits per heavy atom. The molecule has 0 saturated carbocycles. The molecule has 0 unspecified atom stereocenters. The van der Waals surface area contributed by atoms with Crippen molar-refractivity contribution in [2.24, 2.45) is 0 Å². The van der Waals surface area contributed by atoms with Crippen LogP contribution in [-0.2, 0) is 9.53 Å². The predicted molar refractivity (Wildman–Crippen MR) is 69.7 cm³/mol. The van der Waals surface area contributed by atoms with E-state index in [9.17, 15) is 4.79 Å². The smallest absolute Gasteiger partial charge is 0.328 e. The van der Waals surface area contributed by atoms with Gasteiger partial charge in [-0.15, -0.1) is 0 Å². The topological polar surface area (TPSA) is 46.5 Å². The lowest BCUT2D eigenvalue weighted by molar-refractivity contribution is -0.131. The van der Waals surface area contributed by atoms with Gasteiger partial charge in [0.05, 0.1) is 12.9 Å². The zero-order valence-corrected chi connectivity index (χ0v) is 10.6. The predicted octanol–water partition coefficient (Wildman–Crippen LogP) is 3.46. The first-order valence-electron chi connectivity index (χ1n) is 5.51. The second-order valence-corrected chi connectivity index (χ2v) is 3.68. The van der Waals surface area contributed by atoms with Gasteiger partial charge in [-0.2, -0.15) is 0 Å². The summed E-state index contributed by atoms with van der Waals surface area (Å²) in [4.78, 5) is 10.1. The molecule has 0 saturated heterocycles. The van der Waals surface area contributed by atoms with E-state index in [2.05, 4.69) is 0 Å². The molecule has 94 valence electrons. The number of allylic oxidation sites excluding steroid dienone is 7. The van der Waals surface area contributed by atoms with Gasteiger partial charge in [0, 0.05) is 12.5 Å². The van der Waals surface area contributed by atoms with E-state index in [1.54, 1.807) is 19.3 Å². The summed E-state index contributed by atoms with van der Waals surface area (Å²) < 4.78 is 5.23. The normalized spacial score (nSPS) is 11.5. The number of methoxy groups -OCH3 is 1. The summed E-state index contributed by atoms with van der Waals surface area (Å²) in [5, 5.41) is 8.34. The zero-order valence-electron chi connectivity index (χ0n) is 10.6. The Kier molecular flexibility index (Phi) is 8.47. The molecule has 0 aliphatic carbocycles. The minimum absolute atomic E-state index is 0.883. The molecule has 0 aliphatic heterocycles. The third-order valence-electron chi connectivity index (χ3n) is 2.05. The van der Waals surface area contributed by atoms with Crippen molar-refractivity contribution < 1.29 is 14.6 Å². The summed E-state index contributed by atoms with van der Waals surface area (Å²) in [6.45, 7) is 4.05. The minimum atomic E-state index is -0.938. The fourth-order valence-corrected chi connectivity index (χ4v) is 1.21. The number of carbonyl (C=O) groups is 1. The van der Waals surface area contributed by atoms with Gasteiger partial charge >= 0.3 is 5.97 Å². The number of hydrogen-bond donors (Lipinski definition) is 1. The van der Waals surface area contributed by atoms with Crippen LogP contribution < -0.4 is 0 Å². The Labute approximate surface area is 103 Å². The molecule has 0 amide bonds. The fraction of sp³-hybridized carbons (Fsp3) is 0.357. The van der Waals surface area contributed by atoms with E-state index in [0.717, 1.165) is 24.7 Å². The van der Waals surface area contributed by atoms with Gasteiger partial charge in [0.25, 0.3) is 0 Å². The van der Waals surface area contributed by atoms with Gasteiger partial charge in [0.15, 0.2) is 0 Å². The molecule has 0 radical (unpaired) electrons. The molecule has 0 bridgehead atoms. The maximum Gasteiger partial charge on any atom is 0.328 e. The first-order valence-corrected chi connectivity index (χ1v) is 5.51. The van der Waals surface area contributed by atoms with Crippen molar-refractivity contribution in [2.45, 2.75) is 26.7 Å². The molecule has 0 rings (SSSR count). The highest BCUT2D eigenvalue weighted by Crippen LogP contribution is 2.11. The molecule has 0 fully saturated rings. The first-order chi connectivity index (χ1) is 8.07. The van der Waals surface area contributed by atoms with E-state index in [1.165, 1.54) is 11.6 Å². The second-order valence-electron chi connectivity index (χ2n) is 3.68. The van der Waals surface area contributed by atoms with Crippen molar-refractivity contribution in [1.82, 2.24) is 0 Å². The molecule has 3 heteroatoms. The number of aliphatic carboxylic acids is 1. The quantitative estimate of drug-likeness (QED) is 0.418.